The van der Waals surface area contributed by atoms with Gasteiger partial charge in [0.1, 0.15) is 0 Å². The van der Waals surface area contributed by atoms with Crippen molar-refractivity contribution in [1.29, 1.82) is 0 Å². The molecule has 0 bridgehead atoms. The van der Waals surface area contributed by atoms with Gasteiger partial charge in [-0.15, -0.1) is 0 Å². The smallest absolute Gasteiger partial charge is 0.0630 e. The van der Waals surface area contributed by atoms with Gasteiger partial charge in [-0.05, 0) is 37.5 Å². The van der Waals surface area contributed by atoms with Gasteiger partial charge in [0.15, 0.2) is 0 Å². The first-order chi connectivity index (χ1) is 7.33. The SMILES string of the molecule is COCC(CN)N(CC1CC1)CC1CC1. The van der Waals surface area contributed by atoms with E-state index in [0.29, 0.717) is 6.04 Å². The molecule has 0 heterocycles. The molecule has 2 rings (SSSR count). The molecule has 2 aliphatic rings. The largest absolute Gasteiger partial charge is 0.383 e. The molecule has 0 aromatic carbocycles. The van der Waals surface area contributed by atoms with E-state index >= 15 is 0 Å². The molecule has 2 N–H and O–H groups in total. The molecular weight excluding hydrogens is 188 g/mol. The number of nitrogens with two attached hydrogens (primary N) is 1. The van der Waals surface area contributed by atoms with E-state index in [4.69, 9.17) is 10.5 Å². The topological polar surface area (TPSA) is 38.5 Å². The Balaban J connectivity index is 1.81. The van der Waals surface area contributed by atoms with Crippen molar-refractivity contribution in [3.05, 3.63) is 0 Å². The summed E-state index contributed by atoms with van der Waals surface area (Å²) in [7, 11) is 1.77. The molecule has 3 heteroatoms. The fourth-order valence-corrected chi connectivity index (χ4v) is 2.15. The molecule has 2 aliphatic carbocycles. The van der Waals surface area contributed by atoms with E-state index in [1.165, 1.54) is 38.8 Å². The van der Waals surface area contributed by atoms with E-state index in [1.807, 2.05) is 0 Å². The Bertz CT molecular complexity index is 176. The fourth-order valence-electron chi connectivity index (χ4n) is 2.15. The van der Waals surface area contributed by atoms with Crippen molar-refractivity contribution < 1.29 is 4.74 Å². The van der Waals surface area contributed by atoms with Gasteiger partial charge < -0.3 is 10.5 Å². The first-order valence-corrected chi connectivity index (χ1v) is 6.26. The Morgan fingerprint density at radius 2 is 1.73 bits per heavy atom. The van der Waals surface area contributed by atoms with Crippen LogP contribution < -0.4 is 5.73 Å². The lowest BCUT2D eigenvalue weighted by atomic mass is 10.2. The minimum atomic E-state index is 0.441. The Hall–Kier alpha value is -0.120. The maximum Gasteiger partial charge on any atom is 0.0630 e. The van der Waals surface area contributed by atoms with Crippen molar-refractivity contribution in [2.75, 3.05) is 33.4 Å². The number of methoxy groups -OCH3 is 1. The molecule has 15 heavy (non-hydrogen) atoms. The number of rotatable bonds is 8. The summed E-state index contributed by atoms with van der Waals surface area (Å²) in [5.41, 5.74) is 5.83. The lowest BCUT2D eigenvalue weighted by Gasteiger charge is -2.30. The first kappa shape index (κ1) is 11.4. The summed E-state index contributed by atoms with van der Waals surface area (Å²) in [6.45, 7) is 4.02. The first-order valence-electron chi connectivity index (χ1n) is 6.26. The van der Waals surface area contributed by atoms with Crippen molar-refractivity contribution in [2.24, 2.45) is 17.6 Å². The molecular formula is C12H24N2O. The molecule has 2 fully saturated rings. The second-order valence-electron chi connectivity index (χ2n) is 5.19. The Morgan fingerprint density at radius 3 is 2.07 bits per heavy atom. The predicted octanol–water partition coefficient (Wildman–Crippen LogP) is 1.08. The zero-order valence-corrected chi connectivity index (χ0v) is 9.82. The summed E-state index contributed by atoms with van der Waals surface area (Å²) < 4.78 is 5.26. The standard InChI is InChI=1S/C12H24N2O/c1-15-9-12(6-13)14(7-10-2-3-10)8-11-4-5-11/h10-12H,2-9,13H2,1H3. The van der Waals surface area contributed by atoms with E-state index in [2.05, 4.69) is 4.90 Å². The molecule has 88 valence electrons. The van der Waals surface area contributed by atoms with Crippen LogP contribution in [0.3, 0.4) is 0 Å². The van der Waals surface area contributed by atoms with Gasteiger partial charge in [-0.3, -0.25) is 4.90 Å². The molecule has 1 atom stereocenters. The van der Waals surface area contributed by atoms with E-state index in [9.17, 15) is 0 Å². The number of nitrogens with zero attached hydrogens (tertiary/aromatic N) is 1. The third kappa shape index (κ3) is 3.74. The van der Waals surface area contributed by atoms with Crippen molar-refractivity contribution in [2.45, 2.75) is 31.7 Å². The highest BCUT2D eigenvalue weighted by atomic mass is 16.5. The van der Waals surface area contributed by atoms with Gasteiger partial charge in [0.05, 0.1) is 6.61 Å². The van der Waals surface area contributed by atoms with Gasteiger partial charge in [-0.2, -0.15) is 0 Å². The van der Waals surface area contributed by atoms with Crippen LogP contribution in [0.5, 0.6) is 0 Å². The zero-order valence-electron chi connectivity index (χ0n) is 9.82. The molecule has 0 aliphatic heterocycles. The summed E-state index contributed by atoms with van der Waals surface area (Å²) in [5, 5.41) is 0. The molecule has 0 amide bonds. The summed E-state index contributed by atoms with van der Waals surface area (Å²) in [6.07, 6.45) is 5.69. The Kier molecular flexibility index (Phi) is 4.00. The highest BCUT2D eigenvalue weighted by Gasteiger charge is 2.31. The van der Waals surface area contributed by atoms with Crippen LogP contribution in [0.1, 0.15) is 25.7 Å². The van der Waals surface area contributed by atoms with E-state index < -0.39 is 0 Å². The van der Waals surface area contributed by atoms with Crippen LogP contribution in [0.15, 0.2) is 0 Å². The van der Waals surface area contributed by atoms with Crippen molar-refractivity contribution in [3.8, 4) is 0 Å². The molecule has 2 saturated carbocycles. The third-order valence-electron chi connectivity index (χ3n) is 3.53. The molecule has 3 nitrogen and oxygen atoms in total. The van der Waals surface area contributed by atoms with Crippen LogP contribution in [-0.2, 0) is 4.74 Å². The Labute approximate surface area is 93.0 Å². The van der Waals surface area contributed by atoms with E-state index in [1.54, 1.807) is 7.11 Å². The molecule has 0 saturated heterocycles. The molecule has 1 unspecified atom stereocenters. The number of ether oxygens (including phenoxy) is 1. The third-order valence-corrected chi connectivity index (χ3v) is 3.53. The summed E-state index contributed by atoms with van der Waals surface area (Å²) in [4.78, 5) is 2.58. The number of hydrogen-bond acceptors (Lipinski definition) is 3. The monoisotopic (exact) mass is 212 g/mol. The van der Waals surface area contributed by atoms with Gasteiger partial charge in [-0.1, -0.05) is 0 Å². The minimum Gasteiger partial charge on any atom is -0.383 e. The fraction of sp³-hybridized carbons (Fsp3) is 1.00. The van der Waals surface area contributed by atoms with Gasteiger partial charge in [-0.25, -0.2) is 0 Å². The molecule has 0 aromatic rings. The average molecular weight is 212 g/mol. The highest BCUT2D eigenvalue weighted by Crippen LogP contribution is 2.34. The van der Waals surface area contributed by atoms with Crippen LogP contribution in [0.25, 0.3) is 0 Å². The van der Waals surface area contributed by atoms with Crippen LogP contribution in [0.2, 0.25) is 0 Å². The van der Waals surface area contributed by atoms with Crippen LogP contribution in [0, 0.1) is 11.8 Å². The van der Waals surface area contributed by atoms with Gasteiger partial charge in [0, 0.05) is 32.8 Å². The molecule has 0 spiro atoms. The van der Waals surface area contributed by atoms with Crippen LogP contribution in [-0.4, -0.2) is 44.3 Å². The van der Waals surface area contributed by atoms with Gasteiger partial charge in [0.25, 0.3) is 0 Å². The second-order valence-corrected chi connectivity index (χ2v) is 5.19. The summed E-state index contributed by atoms with van der Waals surface area (Å²) in [5.74, 6) is 1.91. The molecule has 0 radical (unpaired) electrons. The maximum atomic E-state index is 5.83. The van der Waals surface area contributed by atoms with Crippen LogP contribution >= 0.6 is 0 Å². The van der Waals surface area contributed by atoms with Gasteiger partial charge >= 0.3 is 0 Å². The second kappa shape index (κ2) is 5.28. The predicted molar refractivity (Wildman–Crippen MR) is 61.7 cm³/mol. The zero-order chi connectivity index (χ0) is 10.7. The summed E-state index contributed by atoms with van der Waals surface area (Å²) in [6, 6.07) is 0.441. The van der Waals surface area contributed by atoms with E-state index in [0.717, 1.165) is 25.0 Å². The average Bonchev–Trinajstić information content (AvgIpc) is 3.07. The number of hydrogen-bond donors (Lipinski definition) is 1. The Morgan fingerprint density at radius 1 is 1.20 bits per heavy atom. The molecule has 0 aromatic heterocycles. The lowest BCUT2D eigenvalue weighted by Crippen LogP contribution is -2.45. The van der Waals surface area contributed by atoms with E-state index in [-0.39, 0.29) is 0 Å². The minimum absolute atomic E-state index is 0.441. The van der Waals surface area contributed by atoms with Crippen molar-refractivity contribution in [3.63, 3.8) is 0 Å². The van der Waals surface area contributed by atoms with Crippen LogP contribution in [0.4, 0.5) is 0 Å². The van der Waals surface area contributed by atoms with Crippen molar-refractivity contribution >= 4 is 0 Å². The van der Waals surface area contributed by atoms with Gasteiger partial charge in [0.2, 0.25) is 0 Å². The quantitative estimate of drug-likeness (QED) is 0.654. The normalized spacial score (nSPS) is 23.4. The lowest BCUT2D eigenvalue weighted by molar-refractivity contribution is 0.0874. The maximum absolute atomic E-state index is 5.83. The van der Waals surface area contributed by atoms with Crippen molar-refractivity contribution in [1.82, 2.24) is 4.90 Å². The highest BCUT2D eigenvalue weighted by molar-refractivity contribution is 4.86. The summed E-state index contributed by atoms with van der Waals surface area (Å²) >= 11 is 0.